The molecule has 2 aromatic rings. The van der Waals surface area contributed by atoms with Crippen molar-refractivity contribution in [2.45, 2.75) is 38.8 Å². The van der Waals surface area contributed by atoms with Gasteiger partial charge in [0.15, 0.2) is 0 Å². The Morgan fingerprint density at radius 3 is 2.80 bits per heavy atom. The van der Waals surface area contributed by atoms with Crippen LogP contribution in [0.25, 0.3) is 0 Å². The average Bonchev–Trinajstić information content (AvgIpc) is 2.62. The van der Waals surface area contributed by atoms with Gasteiger partial charge >= 0.3 is 0 Å². The van der Waals surface area contributed by atoms with Crippen LogP contribution in [0.15, 0.2) is 42.7 Å². The zero-order valence-electron chi connectivity index (χ0n) is 14.8. The van der Waals surface area contributed by atoms with Crippen molar-refractivity contribution >= 4 is 17.5 Å². The monoisotopic (exact) mass is 339 g/mol. The van der Waals surface area contributed by atoms with Gasteiger partial charge in [0.25, 0.3) is 5.91 Å². The predicted octanol–water partition coefficient (Wildman–Crippen LogP) is 2.70. The Morgan fingerprint density at radius 1 is 1.24 bits per heavy atom. The molecule has 2 N–H and O–H groups in total. The fourth-order valence-corrected chi connectivity index (χ4v) is 3.08. The summed E-state index contributed by atoms with van der Waals surface area (Å²) in [6.45, 7) is 5.81. The number of aromatic nitrogens is 2. The Morgan fingerprint density at radius 2 is 2.04 bits per heavy atom. The molecule has 0 unspecified atom stereocenters. The Balaban J connectivity index is 1.62. The molecule has 0 radical (unpaired) electrons. The number of benzene rings is 1. The molecule has 3 rings (SSSR count). The van der Waals surface area contributed by atoms with Gasteiger partial charge in [-0.25, -0.2) is 9.97 Å². The molecule has 1 aromatic heterocycles. The minimum atomic E-state index is -0.0340. The SMILES string of the molecule is CC(C)Nc1cccc(C(=O)N[C@H]2CCCN(c3ncccn3)C2)c1. The molecule has 1 aromatic carbocycles. The minimum absolute atomic E-state index is 0.0340. The third-order valence-corrected chi connectivity index (χ3v) is 4.17. The first kappa shape index (κ1) is 17.2. The van der Waals surface area contributed by atoms with Crippen molar-refractivity contribution in [3.05, 3.63) is 48.3 Å². The maximum absolute atomic E-state index is 12.6. The van der Waals surface area contributed by atoms with Gasteiger partial charge < -0.3 is 15.5 Å². The largest absolute Gasteiger partial charge is 0.383 e. The summed E-state index contributed by atoms with van der Waals surface area (Å²) >= 11 is 0. The fraction of sp³-hybridized carbons (Fsp3) is 0.421. The third kappa shape index (κ3) is 4.68. The van der Waals surface area contributed by atoms with Crippen molar-refractivity contribution in [1.29, 1.82) is 0 Å². The summed E-state index contributed by atoms with van der Waals surface area (Å²) in [5.74, 6) is 0.692. The number of hydrogen-bond acceptors (Lipinski definition) is 5. The third-order valence-electron chi connectivity index (χ3n) is 4.17. The lowest BCUT2D eigenvalue weighted by atomic mass is 10.1. The van der Waals surface area contributed by atoms with E-state index in [1.807, 2.05) is 30.3 Å². The van der Waals surface area contributed by atoms with Gasteiger partial charge in [-0.05, 0) is 51.0 Å². The Labute approximate surface area is 148 Å². The molecular weight excluding hydrogens is 314 g/mol. The topological polar surface area (TPSA) is 70.2 Å². The van der Waals surface area contributed by atoms with E-state index in [4.69, 9.17) is 0 Å². The van der Waals surface area contributed by atoms with Crippen LogP contribution in [0.1, 0.15) is 37.0 Å². The van der Waals surface area contributed by atoms with E-state index in [-0.39, 0.29) is 11.9 Å². The van der Waals surface area contributed by atoms with E-state index in [0.717, 1.165) is 37.6 Å². The smallest absolute Gasteiger partial charge is 0.251 e. The first-order valence-corrected chi connectivity index (χ1v) is 8.81. The zero-order valence-corrected chi connectivity index (χ0v) is 14.8. The first-order chi connectivity index (χ1) is 12.1. The van der Waals surface area contributed by atoms with Crippen LogP contribution in [0.4, 0.5) is 11.6 Å². The van der Waals surface area contributed by atoms with Gasteiger partial charge in [0.05, 0.1) is 0 Å². The molecular formula is C19H25N5O. The van der Waals surface area contributed by atoms with Gasteiger partial charge in [-0.2, -0.15) is 0 Å². The van der Waals surface area contributed by atoms with Crippen LogP contribution >= 0.6 is 0 Å². The number of nitrogens with zero attached hydrogens (tertiary/aromatic N) is 3. The highest BCUT2D eigenvalue weighted by Crippen LogP contribution is 2.17. The van der Waals surface area contributed by atoms with Crippen molar-refractivity contribution in [1.82, 2.24) is 15.3 Å². The molecule has 6 heteroatoms. The van der Waals surface area contributed by atoms with Crippen molar-refractivity contribution in [2.75, 3.05) is 23.3 Å². The van der Waals surface area contributed by atoms with E-state index in [1.165, 1.54) is 0 Å². The molecule has 1 aliphatic rings. The highest BCUT2D eigenvalue weighted by atomic mass is 16.1. The lowest BCUT2D eigenvalue weighted by molar-refractivity contribution is 0.0933. The maximum atomic E-state index is 12.6. The number of carbonyl (C=O) groups is 1. The predicted molar refractivity (Wildman–Crippen MR) is 99.9 cm³/mol. The van der Waals surface area contributed by atoms with Crippen molar-refractivity contribution in [3.63, 3.8) is 0 Å². The van der Waals surface area contributed by atoms with Crippen LogP contribution in [0.2, 0.25) is 0 Å². The van der Waals surface area contributed by atoms with Gasteiger partial charge in [-0.15, -0.1) is 0 Å². The van der Waals surface area contributed by atoms with Crippen LogP contribution in [-0.2, 0) is 0 Å². The first-order valence-electron chi connectivity index (χ1n) is 8.81. The molecule has 0 aliphatic carbocycles. The van der Waals surface area contributed by atoms with Crippen LogP contribution < -0.4 is 15.5 Å². The van der Waals surface area contributed by atoms with Crippen molar-refractivity contribution in [3.8, 4) is 0 Å². The second kappa shape index (κ2) is 7.96. The number of nitrogens with one attached hydrogen (secondary N) is 2. The molecule has 0 bridgehead atoms. The second-order valence-corrected chi connectivity index (χ2v) is 6.69. The number of hydrogen-bond donors (Lipinski definition) is 2. The lowest BCUT2D eigenvalue weighted by Gasteiger charge is -2.33. The quantitative estimate of drug-likeness (QED) is 0.876. The molecule has 1 amide bonds. The molecule has 1 atom stereocenters. The Hall–Kier alpha value is -2.63. The van der Waals surface area contributed by atoms with Gasteiger partial charge in [0.1, 0.15) is 0 Å². The zero-order chi connectivity index (χ0) is 17.6. The number of piperidine rings is 1. The molecule has 132 valence electrons. The molecule has 1 aliphatic heterocycles. The summed E-state index contributed by atoms with van der Waals surface area (Å²) in [6.07, 6.45) is 5.48. The van der Waals surface area contributed by atoms with E-state index in [2.05, 4.69) is 39.3 Å². The summed E-state index contributed by atoms with van der Waals surface area (Å²) in [6, 6.07) is 9.88. The summed E-state index contributed by atoms with van der Waals surface area (Å²) in [7, 11) is 0. The molecule has 1 saturated heterocycles. The van der Waals surface area contributed by atoms with Gasteiger partial charge in [0, 0.05) is 48.8 Å². The number of carbonyl (C=O) groups excluding carboxylic acids is 1. The van der Waals surface area contributed by atoms with Crippen LogP contribution in [0, 0.1) is 0 Å². The second-order valence-electron chi connectivity index (χ2n) is 6.69. The van der Waals surface area contributed by atoms with E-state index >= 15 is 0 Å². The van der Waals surface area contributed by atoms with E-state index in [0.29, 0.717) is 11.6 Å². The number of amides is 1. The highest BCUT2D eigenvalue weighted by molar-refractivity contribution is 5.95. The summed E-state index contributed by atoms with van der Waals surface area (Å²) in [5, 5.41) is 6.48. The normalized spacial score (nSPS) is 17.4. The number of anilines is 2. The van der Waals surface area contributed by atoms with E-state index in [9.17, 15) is 4.79 Å². The maximum Gasteiger partial charge on any atom is 0.251 e. The van der Waals surface area contributed by atoms with Crippen LogP contribution in [0.5, 0.6) is 0 Å². The van der Waals surface area contributed by atoms with Crippen molar-refractivity contribution in [2.24, 2.45) is 0 Å². The van der Waals surface area contributed by atoms with E-state index < -0.39 is 0 Å². The number of rotatable bonds is 5. The molecule has 2 heterocycles. The molecule has 0 saturated carbocycles. The fourth-order valence-electron chi connectivity index (χ4n) is 3.08. The van der Waals surface area contributed by atoms with Gasteiger partial charge in [0.2, 0.25) is 5.95 Å². The molecule has 0 spiro atoms. The van der Waals surface area contributed by atoms with Crippen molar-refractivity contribution < 1.29 is 4.79 Å². The van der Waals surface area contributed by atoms with E-state index in [1.54, 1.807) is 12.4 Å². The Bertz CT molecular complexity index is 704. The standard InChI is InChI=1S/C19H25N5O/c1-14(2)22-16-7-3-6-15(12-16)18(25)23-17-8-4-11-24(13-17)19-20-9-5-10-21-19/h3,5-7,9-10,12,14,17,22H,4,8,11,13H2,1-2H3,(H,23,25)/t17-/m0/s1. The highest BCUT2D eigenvalue weighted by Gasteiger charge is 2.23. The summed E-state index contributed by atoms with van der Waals surface area (Å²) in [5.41, 5.74) is 1.64. The van der Waals surface area contributed by atoms with Crippen LogP contribution in [0.3, 0.4) is 0 Å². The average molecular weight is 339 g/mol. The summed E-state index contributed by atoms with van der Waals surface area (Å²) in [4.78, 5) is 23.3. The molecule has 6 nitrogen and oxygen atoms in total. The summed E-state index contributed by atoms with van der Waals surface area (Å²) < 4.78 is 0. The molecule has 1 fully saturated rings. The van der Waals surface area contributed by atoms with Gasteiger partial charge in [-0.3, -0.25) is 4.79 Å². The minimum Gasteiger partial charge on any atom is -0.383 e. The Kier molecular flexibility index (Phi) is 5.48. The van der Waals surface area contributed by atoms with Crippen LogP contribution in [-0.4, -0.2) is 41.0 Å². The lowest BCUT2D eigenvalue weighted by Crippen LogP contribution is -2.48. The van der Waals surface area contributed by atoms with Gasteiger partial charge in [-0.1, -0.05) is 6.07 Å². The molecule has 25 heavy (non-hydrogen) atoms.